The number of nitrogens with one attached hydrogen (secondary N) is 1. The van der Waals surface area contributed by atoms with E-state index < -0.39 is 23.7 Å². The van der Waals surface area contributed by atoms with Crippen molar-refractivity contribution < 1.29 is 24.2 Å². The Balaban J connectivity index is 1.26. The smallest absolute Gasteiger partial charge is 0.410 e. The molecule has 258 valence electrons. The molecule has 0 aliphatic carbocycles. The molecule has 13 heteroatoms. The average molecular weight is 678 g/mol. The maximum absolute atomic E-state index is 14.2. The molecular formula is C35H47N7O5S. The van der Waals surface area contributed by atoms with Gasteiger partial charge in [0.1, 0.15) is 17.5 Å². The summed E-state index contributed by atoms with van der Waals surface area (Å²) in [5, 5.41) is 18.3. The number of amides is 3. The number of carbonyl (C=O) groups is 3. The number of carbonyl (C=O) groups excluding carboxylic acids is 3. The molecule has 2 saturated heterocycles. The maximum Gasteiger partial charge on any atom is 0.410 e. The molecule has 3 atom stereocenters. The monoisotopic (exact) mass is 677 g/mol. The number of benzene rings is 1. The number of anilines is 1. The number of rotatable bonds is 8. The summed E-state index contributed by atoms with van der Waals surface area (Å²) in [5.41, 5.74) is 5.02. The first-order chi connectivity index (χ1) is 22.6. The molecule has 2 aliphatic heterocycles. The van der Waals surface area contributed by atoms with Crippen molar-refractivity contribution in [2.24, 2.45) is 13.0 Å². The summed E-state index contributed by atoms with van der Waals surface area (Å²) in [6.07, 6.45) is -1.02. The molecular weight excluding hydrogens is 630 g/mol. The Bertz CT molecular complexity index is 1650. The number of nitrogens with zero attached hydrogens (tertiary/aromatic N) is 6. The van der Waals surface area contributed by atoms with Gasteiger partial charge in [-0.1, -0.05) is 44.7 Å². The number of hydrogen-bond acceptors (Lipinski definition) is 9. The first-order valence-corrected chi connectivity index (χ1v) is 17.3. The minimum atomic E-state index is -0.853. The van der Waals surface area contributed by atoms with Crippen molar-refractivity contribution in [1.82, 2.24) is 29.9 Å². The Morgan fingerprint density at radius 3 is 2.35 bits per heavy atom. The van der Waals surface area contributed by atoms with Crippen molar-refractivity contribution in [1.29, 1.82) is 0 Å². The van der Waals surface area contributed by atoms with Gasteiger partial charge in [0.05, 0.1) is 33.8 Å². The van der Waals surface area contributed by atoms with Gasteiger partial charge >= 0.3 is 6.09 Å². The predicted octanol–water partition coefficient (Wildman–Crippen LogP) is 4.40. The summed E-state index contributed by atoms with van der Waals surface area (Å²) in [6.45, 7) is 17.8. The Labute approximate surface area is 286 Å². The summed E-state index contributed by atoms with van der Waals surface area (Å²) in [5.74, 6) is -0.549. The van der Waals surface area contributed by atoms with Crippen LogP contribution >= 0.6 is 11.3 Å². The lowest BCUT2D eigenvalue weighted by Crippen LogP contribution is -2.50. The van der Waals surface area contributed by atoms with Crippen molar-refractivity contribution in [2.45, 2.75) is 71.6 Å². The topological polar surface area (TPSA) is 133 Å². The minimum Gasteiger partial charge on any atom is -0.444 e. The highest BCUT2D eigenvalue weighted by molar-refractivity contribution is 7.13. The maximum atomic E-state index is 14.2. The number of hydrogen-bond donors (Lipinski definition) is 2. The number of likely N-dealkylation sites (tertiary alicyclic amines) is 1. The first kappa shape index (κ1) is 35.1. The van der Waals surface area contributed by atoms with Crippen LogP contribution in [0.2, 0.25) is 0 Å². The second-order valence-electron chi connectivity index (χ2n) is 13.9. The van der Waals surface area contributed by atoms with E-state index in [1.807, 2.05) is 84.4 Å². The fraction of sp³-hybridized carbons (Fsp3) is 0.514. The van der Waals surface area contributed by atoms with Gasteiger partial charge in [0, 0.05) is 58.0 Å². The molecule has 2 fully saturated rings. The standard InChI is InChI=1S/C35H47N7O5S/c1-21(2)30(27-18-29(39(8)38-27)40-13-15-41(16-14-40)34(46)47-35(5,6)7)33(45)42-19-26(43)17-28(42)32(44)37-22(3)24-9-11-25(12-10-24)31-23(4)36-20-48-31/h9-12,18,20-21,26,28,30,43H,3,13-17,19H2,1-2,4-8H3,(H,37,44)/t26-,28+,30?/m1/s1. The molecule has 12 nitrogen and oxygen atoms in total. The van der Waals surface area contributed by atoms with E-state index in [4.69, 9.17) is 9.84 Å². The second kappa shape index (κ2) is 14.1. The van der Waals surface area contributed by atoms with E-state index in [0.29, 0.717) is 37.6 Å². The van der Waals surface area contributed by atoms with E-state index in [2.05, 4.69) is 21.8 Å². The SMILES string of the molecule is C=C(NC(=O)[C@@H]1C[C@@H](O)CN1C(=O)C(c1cc(N2CCN(C(=O)OC(C)(C)C)CC2)n(C)n1)C(C)C)c1ccc(-c2scnc2C)cc1. The summed E-state index contributed by atoms with van der Waals surface area (Å²) in [4.78, 5) is 51.1. The van der Waals surface area contributed by atoms with Crippen molar-refractivity contribution >= 4 is 40.8 Å². The van der Waals surface area contributed by atoms with Crippen LogP contribution in [-0.4, -0.2) is 98.0 Å². The fourth-order valence-electron chi connectivity index (χ4n) is 6.32. The number of aliphatic hydroxyl groups excluding tert-OH is 1. The predicted molar refractivity (Wildman–Crippen MR) is 186 cm³/mol. The zero-order valence-corrected chi connectivity index (χ0v) is 29.7. The van der Waals surface area contributed by atoms with Gasteiger partial charge in [-0.2, -0.15) is 5.10 Å². The second-order valence-corrected chi connectivity index (χ2v) is 14.8. The normalized spacial score (nSPS) is 19.1. The molecule has 3 aromatic rings. The van der Waals surface area contributed by atoms with Crippen LogP contribution in [-0.2, 0) is 21.4 Å². The molecule has 48 heavy (non-hydrogen) atoms. The fourth-order valence-corrected chi connectivity index (χ4v) is 7.13. The zero-order chi connectivity index (χ0) is 34.9. The number of thiazole rings is 1. The Hall–Kier alpha value is -4.23. The van der Waals surface area contributed by atoms with E-state index in [-0.39, 0.29) is 36.8 Å². The van der Waals surface area contributed by atoms with Crippen LogP contribution in [0.15, 0.2) is 42.4 Å². The zero-order valence-electron chi connectivity index (χ0n) is 28.9. The molecule has 4 heterocycles. The largest absolute Gasteiger partial charge is 0.444 e. The molecule has 1 aromatic carbocycles. The van der Waals surface area contributed by atoms with Gasteiger partial charge < -0.3 is 29.9 Å². The van der Waals surface area contributed by atoms with Gasteiger partial charge in [-0.15, -0.1) is 11.3 Å². The first-order valence-electron chi connectivity index (χ1n) is 16.4. The molecule has 0 radical (unpaired) electrons. The third kappa shape index (κ3) is 7.73. The lowest BCUT2D eigenvalue weighted by Gasteiger charge is -2.36. The third-order valence-corrected chi connectivity index (χ3v) is 9.74. The Morgan fingerprint density at radius 1 is 1.10 bits per heavy atom. The summed E-state index contributed by atoms with van der Waals surface area (Å²) in [6, 6.07) is 8.80. The Morgan fingerprint density at radius 2 is 1.77 bits per heavy atom. The van der Waals surface area contributed by atoms with Crippen LogP contribution in [0, 0.1) is 12.8 Å². The van der Waals surface area contributed by atoms with Gasteiger partial charge in [-0.05, 0) is 44.7 Å². The highest BCUT2D eigenvalue weighted by Gasteiger charge is 2.43. The summed E-state index contributed by atoms with van der Waals surface area (Å²) < 4.78 is 7.29. The van der Waals surface area contributed by atoms with E-state index in [1.54, 1.807) is 20.9 Å². The van der Waals surface area contributed by atoms with Gasteiger partial charge in [0.25, 0.3) is 0 Å². The molecule has 0 spiro atoms. The molecule has 2 aromatic heterocycles. The molecule has 2 N–H and O–H groups in total. The highest BCUT2D eigenvalue weighted by atomic mass is 32.1. The van der Waals surface area contributed by atoms with Gasteiger partial charge in [-0.3, -0.25) is 14.3 Å². The highest BCUT2D eigenvalue weighted by Crippen LogP contribution is 2.33. The van der Waals surface area contributed by atoms with Gasteiger partial charge in [0.2, 0.25) is 11.8 Å². The van der Waals surface area contributed by atoms with E-state index in [9.17, 15) is 19.5 Å². The van der Waals surface area contributed by atoms with Crippen molar-refractivity contribution in [3.63, 3.8) is 0 Å². The quantitative estimate of drug-likeness (QED) is 0.359. The minimum absolute atomic E-state index is 0.0574. The number of aromatic nitrogens is 3. The molecule has 1 unspecified atom stereocenters. The number of ether oxygens (including phenoxy) is 1. The summed E-state index contributed by atoms with van der Waals surface area (Å²) in [7, 11) is 1.84. The summed E-state index contributed by atoms with van der Waals surface area (Å²) >= 11 is 1.57. The van der Waals surface area contributed by atoms with Crippen LogP contribution in [0.25, 0.3) is 16.1 Å². The third-order valence-electron chi connectivity index (χ3n) is 8.76. The molecule has 2 aliphatic rings. The van der Waals surface area contributed by atoms with Crippen LogP contribution in [0.3, 0.4) is 0 Å². The number of β-amino-alcohol motifs (C(OH)–C–C–N with tert-alkyl or cyclic N) is 1. The van der Waals surface area contributed by atoms with Crippen LogP contribution in [0.5, 0.6) is 0 Å². The van der Waals surface area contributed by atoms with Crippen LogP contribution < -0.4 is 10.2 Å². The van der Waals surface area contributed by atoms with Crippen LogP contribution in [0.1, 0.15) is 63.9 Å². The molecule has 0 saturated carbocycles. The molecule has 0 bridgehead atoms. The lowest BCUT2D eigenvalue weighted by molar-refractivity contribution is -0.140. The van der Waals surface area contributed by atoms with E-state index in [0.717, 1.165) is 27.5 Å². The lowest BCUT2D eigenvalue weighted by atomic mass is 9.90. The number of piperazine rings is 1. The van der Waals surface area contributed by atoms with Crippen molar-refractivity contribution in [3.8, 4) is 10.4 Å². The number of aliphatic hydroxyl groups is 1. The number of aryl methyl sites for hydroxylation is 2. The van der Waals surface area contributed by atoms with Crippen molar-refractivity contribution in [3.05, 3.63) is 59.4 Å². The van der Waals surface area contributed by atoms with Gasteiger partial charge in [0.15, 0.2) is 0 Å². The van der Waals surface area contributed by atoms with E-state index in [1.165, 1.54) is 4.90 Å². The Kier molecular flexibility index (Phi) is 10.3. The van der Waals surface area contributed by atoms with E-state index >= 15 is 0 Å². The van der Waals surface area contributed by atoms with Gasteiger partial charge in [-0.25, -0.2) is 9.78 Å². The van der Waals surface area contributed by atoms with Crippen molar-refractivity contribution in [2.75, 3.05) is 37.6 Å². The molecule has 5 rings (SSSR count). The molecule has 3 amide bonds. The average Bonchev–Trinajstić information content (AvgIpc) is 3.74. The van der Waals surface area contributed by atoms with Crippen LogP contribution in [0.4, 0.5) is 10.6 Å².